The summed E-state index contributed by atoms with van der Waals surface area (Å²) in [5, 5.41) is 15.5. The first-order valence-electron chi connectivity index (χ1n) is 10.3. The van der Waals surface area contributed by atoms with Gasteiger partial charge in [0, 0.05) is 20.1 Å². The van der Waals surface area contributed by atoms with Crippen LogP contribution in [0.2, 0.25) is 0 Å². The van der Waals surface area contributed by atoms with Gasteiger partial charge in [-0.1, -0.05) is 26.7 Å². The molecule has 6 nitrogen and oxygen atoms in total. The molecule has 7 heteroatoms. The average Bonchev–Trinajstić information content (AvgIpc) is 3.21. The maximum Gasteiger partial charge on any atom is 0.191 e. The molecule has 1 fully saturated rings. The van der Waals surface area contributed by atoms with Gasteiger partial charge < -0.3 is 15.2 Å². The van der Waals surface area contributed by atoms with E-state index >= 15 is 0 Å². The monoisotopic (exact) mass is 394 g/mol. The molecule has 2 N–H and O–H groups in total. The molecule has 27 heavy (non-hydrogen) atoms. The van der Waals surface area contributed by atoms with E-state index in [9.17, 15) is 0 Å². The Balaban J connectivity index is 1.99. The summed E-state index contributed by atoms with van der Waals surface area (Å²) >= 11 is 1.89. The Labute approximate surface area is 169 Å². The minimum atomic E-state index is 0.428. The SMILES string of the molecule is CSCCCNC(=NCc1nnc(C)n1C)NCC1(CC(C)C)CCCC1. The number of aliphatic imine (C=N–C) groups is 1. The highest BCUT2D eigenvalue weighted by atomic mass is 32.2. The van der Waals surface area contributed by atoms with Gasteiger partial charge in [-0.2, -0.15) is 11.8 Å². The summed E-state index contributed by atoms with van der Waals surface area (Å²) in [7, 11) is 2.00. The lowest BCUT2D eigenvalue weighted by atomic mass is 9.78. The lowest BCUT2D eigenvalue weighted by Crippen LogP contribution is -2.44. The fraction of sp³-hybridized carbons (Fsp3) is 0.850. The minimum absolute atomic E-state index is 0.428. The highest BCUT2D eigenvalue weighted by Gasteiger charge is 2.34. The number of hydrogen-bond donors (Lipinski definition) is 2. The standard InChI is InChI=1S/C20H38N6S/c1-16(2)13-20(9-6-7-10-20)15-23-19(21-11-8-12-27-5)22-14-18-25-24-17(3)26(18)4/h16H,6-15H2,1-5H3,(H2,21,22,23). The number of guanidine groups is 1. The Bertz CT molecular complexity index is 589. The quantitative estimate of drug-likeness (QED) is 0.361. The van der Waals surface area contributed by atoms with Crippen LogP contribution in [0, 0.1) is 18.3 Å². The van der Waals surface area contributed by atoms with E-state index in [0.717, 1.165) is 43.0 Å². The number of rotatable bonds is 10. The third-order valence-electron chi connectivity index (χ3n) is 5.52. The first kappa shape index (κ1) is 22.1. The topological polar surface area (TPSA) is 67.1 Å². The molecule has 0 atom stereocenters. The van der Waals surface area contributed by atoms with Gasteiger partial charge >= 0.3 is 0 Å². The Morgan fingerprint density at radius 2 is 2.00 bits per heavy atom. The molecule has 0 amide bonds. The summed E-state index contributed by atoms with van der Waals surface area (Å²) in [5.41, 5.74) is 0.428. The third kappa shape index (κ3) is 7.01. The van der Waals surface area contributed by atoms with E-state index in [2.05, 4.69) is 40.9 Å². The molecule has 0 spiro atoms. The van der Waals surface area contributed by atoms with Gasteiger partial charge in [0.05, 0.1) is 0 Å². The molecular formula is C20H38N6S. The van der Waals surface area contributed by atoms with Crippen molar-refractivity contribution in [1.82, 2.24) is 25.4 Å². The number of aromatic nitrogens is 3. The Kier molecular flexibility index (Phi) is 8.93. The van der Waals surface area contributed by atoms with Gasteiger partial charge in [0.25, 0.3) is 0 Å². The van der Waals surface area contributed by atoms with E-state index in [0.29, 0.717) is 12.0 Å². The number of nitrogens with one attached hydrogen (secondary N) is 2. The van der Waals surface area contributed by atoms with Gasteiger partial charge in [0.1, 0.15) is 12.4 Å². The Morgan fingerprint density at radius 1 is 1.26 bits per heavy atom. The summed E-state index contributed by atoms with van der Waals surface area (Å²) in [6.07, 6.45) is 9.98. The van der Waals surface area contributed by atoms with Crippen molar-refractivity contribution < 1.29 is 0 Å². The number of nitrogens with zero attached hydrogens (tertiary/aromatic N) is 4. The summed E-state index contributed by atoms with van der Waals surface area (Å²) < 4.78 is 2.01. The van der Waals surface area contributed by atoms with Crippen molar-refractivity contribution in [1.29, 1.82) is 0 Å². The summed E-state index contributed by atoms with van der Waals surface area (Å²) in [6.45, 7) is 9.15. The van der Waals surface area contributed by atoms with E-state index in [1.165, 1.54) is 37.9 Å². The zero-order valence-corrected chi connectivity index (χ0v) is 18.7. The molecule has 0 unspecified atom stereocenters. The predicted octanol–water partition coefficient (Wildman–Crippen LogP) is 3.52. The smallest absolute Gasteiger partial charge is 0.191 e. The molecule has 154 valence electrons. The Hall–Kier alpha value is -1.24. The van der Waals surface area contributed by atoms with Crippen LogP contribution in [0.1, 0.15) is 64.0 Å². The van der Waals surface area contributed by atoms with Gasteiger partial charge in [-0.15, -0.1) is 10.2 Å². The van der Waals surface area contributed by atoms with Crippen molar-refractivity contribution in [2.75, 3.05) is 25.1 Å². The minimum Gasteiger partial charge on any atom is -0.356 e. The third-order valence-corrected chi connectivity index (χ3v) is 6.21. The van der Waals surface area contributed by atoms with Crippen LogP contribution in [-0.2, 0) is 13.6 Å². The summed E-state index contributed by atoms with van der Waals surface area (Å²) in [5.74, 6) is 4.63. The van der Waals surface area contributed by atoms with Crippen LogP contribution >= 0.6 is 11.8 Å². The van der Waals surface area contributed by atoms with E-state index in [1.807, 2.05) is 30.3 Å². The van der Waals surface area contributed by atoms with Crippen LogP contribution in [0.3, 0.4) is 0 Å². The molecule has 0 aliphatic heterocycles. The summed E-state index contributed by atoms with van der Waals surface area (Å²) in [6, 6.07) is 0. The second-order valence-electron chi connectivity index (χ2n) is 8.32. The molecule has 0 aromatic carbocycles. The van der Waals surface area contributed by atoms with Gasteiger partial charge in [0.15, 0.2) is 11.8 Å². The zero-order valence-electron chi connectivity index (χ0n) is 17.8. The number of thioether (sulfide) groups is 1. The molecule has 2 rings (SSSR count). The number of aryl methyl sites for hydroxylation is 1. The van der Waals surface area contributed by atoms with Crippen molar-refractivity contribution in [3.05, 3.63) is 11.6 Å². The lowest BCUT2D eigenvalue weighted by molar-refractivity contribution is 0.234. The average molecular weight is 395 g/mol. The molecule has 1 aliphatic rings. The second-order valence-corrected chi connectivity index (χ2v) is 9.30. The predicted molar refractivity (Wildman–Crippen MR) is 116 cm³/mol. The zero-order chi connectivity index (χ0) is 19.7. The first-order chi connectivity index (χ1) is 13.0. The van der Waals surface area contributed by atoms with Crippen LogP contribution in [0.5, 0.6) is 0 Å². The van der Waals surface area contributed by atoms with E-state index < -0.39 is 0 Å². The van der Waals surface area contributed by atoms with Crippen LogP contribution in [0.4, 0.5) is 0 Å². The largest absolute Gasteiger partial charge is 0.356 e. The van der Waals surface area contributed by atoms with Gasteiger partial charge in [-0.3, -0.25) is 0 Å². The van der Waals surface area contributed by atoms with Crippen molar-refractivity contribution >= 4 is 17.7 Å². The van der Waals surface area contributed by atoms with Gasteiger partial charge in [-0.25, -0.2) is 4.99 Å². The maximum atomic E-state index is 4.80. The number of hydrogen-bond acceptors (Lipinski definition) is 4. The van der Waals surface area contributed by atoms with Crippen LogP contribution in [-0.4, -0.2) is 45.8 Å². The first-order valence-corrected chi connectivity index (χ1v) is 11.7. The van der Waals surface area contributed by atoms with Crippen molar-refractivity contribution in [2.45, 2.75) is 65.8 Å². The second kappa shape index (κ2) is 10.9. The summed E-state index contributed by atoms with van der Waals surface area (Å²) in [4.78, 5) is 4.80. The Morgan fingerprint density at radius 3 is 2.59 bits per heavy atom. The van der Waals surface area contributed by atoms with Crippen LogP contribution in [0.25, 0.3) is 0 Å². The van der Waals surface area contributed by atoms with Gasteiger partial charge in [0.2, 0.25) is 0 Å². The van der Waals surface area contributed by atoms with E-state index in [-0.39, 0.29) is 0 Å². The molecular weight excluding hydrogens is 356 g/mol. The molecule has 1 heterocycles. The molecule has 1 aromatic heterocycles. The van der Waals surface area contributed by atoms with Crippen molar-refractivity contribution in [3.63, 3.8) is 0 Å². The fourth-order valence-corrected chi connectivity index (χ4v) is 4.48. The van der Waals surface area contributed by atoms with Crippen LogP contribution < -0.4 is 10.6 Å². The molecule has 0 bridgehead atoms. The normalized spacial score (nSPS) is 16.9. The molecule has 0 saturated heterocycles. The molecule has 1 aromatic rings. The molecule has 1 aliphatic carbocycles. The van der Waals surface area contributed by atoms with E-state index in [4.69, 9.17) is 4.99 Å². The fourth-order valence-electron chi connectivity index (χ4n) is 4.05. The van der Waals surface area contributed by atoms with Crippen molar-refractivity contribution in [3.8, 4) is 0 Å². The molecule has 1 saturated carbocycles. The highest BCUT2D eigenvalue weighted by Crippen LogP contribution is 2.42. The maximum absolute atomic E-state index is 4.80. The highest BCUT2D eigenvalue weighted by molar-refractivity contribution is 7.98. The lowest BCUT2D eigenvalue weighted by Gasteiger charge is -2.32. The van der Waals surface area contributed by atoms with E-state index in [1.54, 1.807) is 0 Å². The van der Waals surface area contributed by atoms with Crippen LogP contribution in [0.15, 0.2) is 4.99 Å². The molecule has 0 radical (unpaired) electrons. The van der Waals surface area contributed by atoms with Gasteiger partial charge in [-0.05, 0) is 55.9 Å². The van der Waals surface area contributed by atoms with Crippen molar-refractivity contribution in [2.24, 2.45) is 23.4 Å².